The molecule has 1 fully saturated rings. The lowest BCUT2D eigenvalue weighted by atomic mass is 9.96. The minimum atomic E-state index is -0.132. The number of hydrogen-bond acceptors (Lipinski definition) is 7. The van der Waals surface area contributed by atoms with Crippen molar-refractivity contribution in [3.8, 4) is 0 Å². The molecule has 0 spiro atoms. The lowest BCUT2D eigenvalue weighted by molar-refractivity contribution is 0.364. The molecule has 26 heavy (non-hydrogen) atoms. The standard InChI is InChI=1S/C19H23N5OS/c1-11(16-23-17(24-25-16)19(2,3)4)26-18-21-14-8-6-5-7-13(14)15(22-18)20-12-9-10-12/h5-8,11-12H,9-10H2,1-4H3,(H,20,21,22)/t11-/m0/s1. The number of fused-ring (bicyclic) bond motifs is 1. The molecule has 0 unspecified atom stereocenters. The van der Waals surface area contributed by atoms with Crippen LogP contribution >= 0.6 is 11.8 Å². The summed E-state index contributed by atoms with van der Waals surface area (Å²) in [5.41, 5.74) is 0.814. The second-order valence-corrected chi connectivity index (χ2v) is 9.06. The fourth-order valence-corrected chi connectivity index (χ4v) is 3.36. The molecular weight excluding hydrogens is 346 g/mol. The first-order chi connectivity index (χ1) is 12.4. The summed E-state index contributed by atoms with van der Waals surface area (Å²) < 4.78 is 5.46. The van der Waals surface area contributed by atoms with Crippen LogP contribution in [0.3, 0.4) is 0 Å². The number of nitrogens with zero attached hydrogens (tertiary/aromatic N) is 4. The minimum Gasteiger partial charge on any atom is -0.367 e. The molecule has 1 saturated carbocycles. The fraction of sp³-hybridized carbons (Fsp3) is 0.474. The molecule has 1 N–H and O–H groups in total. The van der Waals surface area contributed by atoms with Gasteiger partial charge in [-0.3, -0.25) is 0 Å². The van der Waals surface area contributed by atoms with Crippen LogP contribution in [0.15, 0.2) is 33.9 Å². The van der Waals surface area contributed by atoms with Crippen molar-refractivity contribution in [2.75, 3.05) is 5.32 Å². The molecule has 0 saturated heterocycles. The maximum absolute atomic E-state index is 5.46. The van der Waals surface area contributed by atoms with Crippen LogP contribution in [0.1, 0.15) is 57.5 Å². The van der Waals surface area contributed by atoms with Gasteiger partial charge in [-0.25, -0.2) is 9.97 Å². The number of benzene rings is 1. The molecule has 2 heterocycles. The SMILES string of the molecule is C[C@H](Sc1nc(NC2CC2)c2ccccc2n1)c1nc(C(C)(C)C)no1. The average molecular weight is 369 g/mol. The van der Waals surface area contributed by atoms with Crippen LogP contribution < -0.4 is 5.32 Å². The number of anilines is 1. The van der Waals surface area contributed by atoms with Gasteiger partial charge < -0.3 is 9.84 Å². The van der Waals surface area contributed by atoms with Crippen LogP contribution in [0.25, 0.3) is 10.9 Å². The fourth-order valence-electron chi connectivity index (χ4n) is 2.55. The van der Waals surface area contributed by atoms with Crippen LogP contribution in [0, 0.1) is 0 Å². The normalized spacial score (nSPS) is 16.0. The number of rotatable bonds is 5. The van der Waals surface area contributed by atoms with E-state index in [0.717, 1.165) is 27.7 Å². The zero-order chi connectivity index (χ0) is 18.3. The Balaban J connectivity index is 1.60. The van der Waals surface area contributed by atoms with Crippen molar-refractivity contribution in [3.63, 3.8) is 0 Å². The summed E-state index contributed by atoms with van der Waals surface area (Å²) in [5.74, 6) is 2.23. The van der Waals surface area contributed by atoms with Crippen molar-refractivity contribution in [3.05, 3.63) is 36.0 Å². The smallest absolute Gasteiger partial charge is 0.239 e. The Labute approximate surface area is 157 Å². The third kappa shape index (κ3) is 3.67. The molecule has 136 valence electrons. The number of thioether (sulfide) groups is 1. The summed E-state index contributed by atoms with van der Waals surface area (Å²) in [6, 6.07) is 8.64. The van der Waals surface area contributed by atoms with Crippen LogP contribution in [0.5, 0.6) is 0 Å². The van der Waals surface area contributed by atoms with E-state index in [0.29, 0.717) is 11.9 Å². The molecular formula is C19H23N5OS. The van der Waals surface area contributed by atoms with Crippen molar-refractivity contribution < 1.29 is 4.52 Å². The number of nitrogens with one attached hydrogen (secondary N) is 1. The second kappa shape index (κ2) is 6.54. The Morgan fingerprint density at radius 2 is 1.92 bits per heavy atom. The van der Waals surface area contributed by atoms with Crippen molar-refractivity contribution >= 4 is 28.5 Å². The topological polar surface area (TPSA) is 76.7 Å². The van der Waals surface area contributed by atoms with E-state index >= 15 is 0 Å². The van der Waals surface area contributed by atoms with Gasteiger partial charge in [0.05, 0.1) is 10.8 Å². The lowest BCUT2D eigenvalue weighted by Gasteiger charge is -2.12. The summed E-state index contributed by atoms with van der Waals surface area (Å²) in [5, 5.41) is 9.39. The molecule has 7 heteroatoms. The molecule has 3 aromatic rings. The third-order valence-corrected chi connectivity index (χ3v) is 5.19. The molecule has 1 aromatic carbocycles. The molecule has 1 aliphatic carbocycles. The summed E-state index contributed by atoms with van der Waals surface area (Å²) in [6.45, 7) is 8.25. The summed E-state index contributed by atoms with van der Waals surface area (Å²) in [6.07, 6.45) is 2.41. The number of para-hydroxylation sites is 1. The van der Waals surface area contributed by atoms with Gasteiger partial charge in [0, 0.05) is 16.8 Å². The first-order valence-electron chi connectivity index (χ1n) is 8.94. The zero-order valence-electron chi connectivity index (χ0n) is 15.5. The molecule has 2 aromatic heterocycles. The Bertz CT molecular complexity index is 929. The van der Waals surface area contributed by atoms with Crippen molar-refractivity contribution in [2.24, 2.45) is 0 Å². The van der Waals surface area contributed by atoms with E-state index in [-0.39, 0.29) is 10.7 Å². The highest BCUT2D eigenvalue weighted by Crippen LogP contribution is 2.36. The van der Waals surface area contributed by atoms with Gasteiger partial charge in [0.2, 0.25) is 5.89 Å². The summed E-state index contributed by atoms with van der Waals surface area (Å²) >= 11 is 1.54. The second-order valence-electron chi connectivity index (χ2n) is 7.76. The van der Waals surface area contributed by atoms with Crippen LogP contribution in [-0.2, 0) is 5.41 Å². The lowest BCUT2D eigenvalue weighted by Crippen LogP contribution is -2.13. The van der Waals surface area contributed by atoms with Gasteiger partial charge in [0.25, 0.3) is 0 Å². The van der Waals surface area contributed by atoms with E-state index in [2.05, 4.69) is 42.3 Å². The van der Waals surface area contributed by atoms with Gasteiger partial charge >= 0.3 is 0 Å². The Hall–Kier alpha value is -2.15. The number of hydrogen-bond donors (Lipinski definition) is 1. The monoisotopic (exact) mass is 369 g/mol. The maximum Gasteiger partial charge on any atom is 0.239 e. The van der Waals surface area contributed by atoms with Crippen molar-refractivity contribution in [1.29, 1.82) is 0 Å². The average Bonchev–Trinajstić information content (AvgIpc) is 3.24. The molecule has 0 aliphatic heterocycles. The van der Waals surface area contributed by atoms with Crippen LogP contribution in [0.4, 0.5) is 5.82 Å². The highest BCUT2D eigenvalue weighted by Gasteiger charge is 2.25. The van der Waals surface area contributed by atoms with Gasteiger partial charge in [-0.05, 0) is 31.9 Å². The van der Waals surface area contributed by atoms with Crippen molar-refractivity contribution in [1.82, 2.24) is 20.1 Å². The van der Waals surface area contributed by atoms with Gasteiger partial charge in [-0.1, -0.05) is 49.8 Å². The highest BCUT2D eigenvalue weighted by molar-refractivity contribution is 7.99. The predicted octanol–water partition coefficient (Wildman–Crippen LogP) is 4.74. The highest BCUT2D eigenvalue weighted by atomic mass is 32.2. The Morgan fingerprint density at radius 1 is 1.15 bits per heavy atom. The Kier molecular flexibility index (Phi) is 4.34. The van der Waals surface area contributed by atoms with E-state index in [1.54, 1.807) is 0 Å². The molecule has 4 rings (SSSR count). The molecule has 0 amide bonds. The quantitative estimate of drug-likeness (QED) is 0.514. The van der Waals surface area contributed by atoms with E-state index in [4.69, 9.17) is 14.5 Å². The largest absolute Gasteiger partial charge is 0.367 e. The van der Waals surface area contributed by atoms with E-state index in [9.17, 15) is 0 Å². The third-order valence-electron chi connectivity index (χ3n) is 4.24. The predicted molar refractivity (Wildman–Crippen MR) is 103 cm³/mol. The van der Waals surface area contributed by atoms with Gasteiger partial charge in [-0.15, -0.1) is 0 Å². The first-order valence-corrected chi connectivity index (χ1v) is 9.82. The summed E-state index contributed by atoms with van der Waals surface area (Å²) in [4.78, 5) is 14.0. The minimum absolute atomic E-state index is 0.0199. The van der Waals surface area contributed by atoms with Crippen molar-refractivity contribution in [2.45, 2.75) is 62.4 Å². The van der Waals surface area contributed by atoms with E-state index < -0.39 is 0 Å². The number of aromatic nitrogens is 4. The van der Waals surface area contributed by atoms with Crippen LogP contribution in [-0.4, -0.2) is 26.2 Å². The molecule has 0 bridgehead atoms. The molecule has 1 atom stereocenters. The van der Waals surface area contributed by atoms with Gasteiger partial charge in [0.15, 0.2) is 11.0 Å². The van der Waals surface area contributed by atoms with E-state index in [1.807, 2.05) is 25.1 Å². The molecule has 0 radical (unpaired) electrons. The van der Waals surface area contributed by atoms with E-state index in [1.165, 1.54) is 24.6 Å². The first kappa shape index (κ1) is 17.3. The Morgan fingerprint density at radius 3 is 2.62 bits per heavy atom. The van der Waals surface area contributed by atoms with Crippen LogP contribution in [0.2, 0.25) is 0 Å². The summed E-state index contributed by atoms with van der Waals surface area (Å²) in [7, 11) is 0. The maximum atomic E-state index is 5.46. The molecule has 6 nitrogen and oxygen atoms in total. The zero-order valence-corrected chi connectivity index (χ0v) is 16.3. The molecule has 1 aliphatic rings. The van der Waals surface area contributed by atoms with Gasteiger partial charge in [0.1, 0.15) is 5.82 Å². The van der Waals surface area contributed by atoms with Gasteiger partial charge in [-0.2, -0.15) is 4.98 Å².